The number of carbonyl (C=O) groups excluding carboxylic acids is 1. The summed E-state index contributed by atoms with van der Waals surface area (Å²) in [6.45, 7) is 1.75. The number of nitro groups is 1. The van der Waals surface area contributed by atoms with Crippen molar-refractivity contribution >= 4 is 23.4 Å². The van der Waals surface area contributed by atoms with E-state index in [1.165, 1.54) is 19.2 Å². The molecule has 0 bridgehead atoms. The first-order valence-corrected chi connectivity index (χ1v) is 9.24. The first-order valence-electron chi connectivity index (χ1n) is 8.25. The van der Waals surface area contributed by atoms with E-state index in [1.54, 1.807) is 12.3 Å². The summed E-state index contributed by atoms with van der Waals surface area (Å²) in [5.74, 6) is -5.65. The lowest BCUT2D eigenvalue weighted by Crippen LogP contribution is -2.51. The number of hydrogen-bond donors (Lipinski definition) is 4. The van der Waals surface area contributed by atoms with Crippen molar-refractivity contribution in [3.8, 4) is 0 Å². The molecule has 0 radical (unpaired) electrons. The minimum atomic E-state index is -5.86. The topological polar surface area (TPSA) is 108 Å². The van der Waals surface area contributed by atoms with Crippen LogP contribution in [-0.4, -0.2) is 35.7 Å². The van der Waals surface area contributed by atoms with E-state index < -0.39 is 28.6 Å². The van der Waals surface area contributed by atoms with Gasteiger partial charge in [0.2, 0.25) is 0 Å². The highest BCUT2D eigenvalue weighted by molar-refractivity contribution is 7.99. The smallest absolute Gasteiger partial charge is 0.372 e. The molecule has 14 heteroatoms. The minimum Gasteiger partial charge on any atom is -0.372 e. The number of benzene rings is 1. The van der Waals surface area contributed by atoms with Crippen LogP contribution in [0.2, 0.25) is 0 Å². The Kier molecular flexibility index (Phi) is 6.80. The van der Waals surface area contributed by atoms with Crippen molar-refractivity contribution in [2.75, 3.05) is 12.8 Å². The predicted molar refractivity (Wildman–Crippen MR) is 98.4 cm³/mol. The zero-order valence-electron chi connectivity index (χ0n) is 15.5. The van der Waals surface area contributed by atoms with Gasteiger partial charge < -0.3 is 10.6 Å². The monoisotopic (exact) mass is 453 g/mol. The normalized spacial score (nSPS) is 14.4. The van der Waals surface area contributed by atoms with E-state index in [-0.39, 0.29) is 27.7 Å². The molecular weight excluding hydrogens is 437 g/mol. The number of nitrogens with one attached hydrogen (secondary N) is 4. The molecule has 8 nitrogen and oxygen atoms in total. The second-order valence-corrected chi connectivity index (χ2v) is 7.05. The van der Waals surface area contributed by atoms with Gasteiger partial charge in [-0.15, -0.1) is 11.8 Å². The lowest BCUT2D eigenvalue weighted by Gasteiger charge is -2.29. The molecular formula is C16H16F5N5O3S. The summed E-state index contributed by atoms with van der Waals surface area (Å²) in [6.07, 6.45) is -5.41. The summed E-state index contributed by atoms with van der Waals surface area (Å²) in [6, 6.07) is 3.44. The molecule has 0 saturated carbocycles. The van der Waals surface area contributed by atoms with E-state index in [1.807, 2.05) is 0 Å². The second-order valence-electron chi connectivity index (χ2n) is 5.74. The van der Waals surface area contributed by atoms with Crippen molar-refractivity contribution in [2.24, 2.45) is 0 Å². The maximum atomic E-state index is 13.6. The number of allylic oxidation sites excluding steroid dienone is 2. The second kappa shape index (κ2) is 8.77. The summed E-state index contributed by atoms with van der Waals surface area (Å²) in [7, 11) is 1.35. The molecule has 1 aliphatic rings. The molecule has 0 aromatic heterocycles. The van der Waals surface area contributed by atoms with Gasteiger partial charge in [-0.2, -0.15) is 22.0 Å². The Bertz CT molecular complexity index is 917. The molecule has 0 unspecified atom stereocenters. The average Bonchev–Trinajstić information content (AvgIpc) is 2.67. The quantitative estimate of drug-likeness (QED) is 0.218. The van der Waals surface area contributed by atoms with E-state index in [0.29, 0.717) is 11.8 Å². The summed E-state index contributed by atoms with van der Waals surface area (Å²) >= 11 is 1.13. The number of amides is 1. The molecule has 1 heterocycles. The first-order chi connectivity index (χ1) is 13.9. The number of non-ortho nitro benzene ring substituents is 1. The van der Waals surface area contributed by atoms with Crippen molar-refractivity contribution in [3.63, 3.8) is 0 Å². The highest BCUT2D eigenvalue weighted by Crippen LogP contribution is 2.40. The van der Waals surface area contributed by atoms with E-state index in [0.717, 1.165) is 17.8 Å². The van der Waals surface area contributed by atoms with Crippen LogP contribution in [0.5, 0.6) is 0 Å². The number of thioether (sulfide) groups is 1. The lowest BCUT2D eigenvalue weighted by molar-refractivity contribution is -0.385. The number of rotatable bonds is 7. The minimum absolute atomic E-state index is 0.00790. The highest BCUT2D eigenvalue weighted by atomic mass is 32.2. The number of hydrogen-bond acceptors (Lipinski definition) is 7. The van der Waals surface area contributed by atoms with Gasteiger partial charge in [-0.1, -0.05) is 6.92 Å². The Hall–Kier alpha value is -3.03. The van der Waals surface area contributed by atoms with Gasteiger partial charge in [-0.05, 0) is 17.9 Å². The Balaban J connectivity index is 2.40. The Morgan fingerprint density at radius 2 is 1.90 bits per heavy atom. The number of alkyl halides is 5. The van der Waals surface area contributed by atoms with Crippen molar-refractivity contribution < 1.29 is 31.7 Å². The third-order valence-corrected chi connectivity index (χ3v) is 4.73. The van der Waals surface area contributed by atoms with Crippen LogP contribution in [-0.2, 0) is 0 Å². The predicted octanol–water partition coefficient (Wildman–Crippen LogP) is 3.01. The zero-order valence-corrected chi connectivity index (χ0v) is 16.3. The third-order valence-electron chi connectivity index (χ3n) is 3.79. The molecule has 4 N–H and O–H groups in total. The molecule has 0 atom stereocenters. The zero-order chi connectivity index (χ0) is 22.7. The summed E-state index contributed by atoms with van der Waals surface area (Å²) < 4.78 is 65.3. The maximum Gasteiger partial charge on any atom is 0.459 e. The highest BCUT2D eigenvalue weighted by Gasteiger charge is 2.61. The molecule has 30 heavy (non-hydrogen) atoms. The Morgan fingerprint density at radius 3 is 2.43 bits per heavy atom. The molecule has 164 valence electrons. The van der Waals surface area contributed by atoms with Crippen LogP contribution in [0, 0.1) is 10.1 Å². The van der Waals surface area contributed by atoms with Gasteiger partial charge in [0.15, 0.2) is 0 Å². The molecule has 1 amide bonds. The standard InChI is InChI=1S/C16H16F5N5O3S/c1-3-30-11-6-8(26(28)29)4-5-9(11)14(27)23-10-7-12(24-25-13(10)22-2)15(17,18)16(19,20)21/h4-7,22,24-25H,3H2,1-2H3,(H,23,27). The van der Waals surface area contributed by atoms with Gasteiger partial charge in [0, 0.05) is 24.1 Å². The summed E-state index contributed by atoms with van der Waals surface area (Å²) in [5, 5.41) is 15.7. The van der Waals surface area contributed by atoms with Crippen LogP contribution >= 0.6 is 11.8 Å². The van der Waals surface area contributed by atoms with Crippen LogP contribution in [0.15, 0.2) is 46.4 Å². The number of halogens is 5. The SMILES string of the molecule is CCSc1cc([N+](=O)[O-])ccc1C(=O)NC1=C(NC)NNC(C(F)(F)C(F)(F)F)=C1. The number of nitro benzene ring substituents is 1. The number of hydrazine groups is 1. The molecule has 0 saturated heterocycles. The average molecular weight is 453 g/mol. The third kappa shape index (κ3) is 4.75. The molecule has 0 spiro atoms. The number of carbonyl (C=O) groups is 1. The fraction of sp³-hybridized carbons (Fsp3) is 0.312. The largest absolute Gasteiger partial charge is 0.459 e. The Labute approximate surface area is 171 Å². The van der Waals surface area contributed by atoms with Crippen molar-refractivity contribution in [1.82, 2.24) is 21.5 Å². The van der Waals surface area contributed by atoms with Crippen LogP contribution in [0.3, 0.4) is 0 Å². The molecule has 2 rings (SSSR count). The molecule has 1 aromatic rings. The molecule has 0 fully saturated rings. The summed E-state index contributed by atoms with van der Waals surface area (Å²) in [5.41, 5.74) is 1.72. The fourth-order valence-electron chi connectivity index (χ4n) is 2.34. The van der Waals surface area contributed by atoms with Crippen LogP contribution in [0.25, 0.3) is 0 Å². The first kappa shape index (κ1) is 23.3. The fourth-order valence-corrected chi connectivity index (χ4v) is 3.18. The van der Waals surface area contributed by atoms with Crippen LogP contribution in [0.1, 0.15) is 17.3 Å². The Morgan fingerprint density at radius 1 is 1.23 bits per heavy atom. The van der Waals surface area contributed by atoms with Crippen molar-refractivity contribution in [2.45, 2.75) is 23.9 Å². The van der Waals surface area contributed by atoms with E-state index in [9.17, 15) is 36.9 Å². The maximum absolute atomic E-state index is 13.6. The molecule has 1 aliphatic heterocycles. The van der Waals surface area contributed by atoms with Gasteiger partial charge >= 0.3 is 12.1 Å². The molecule has 0 aliphatic carbocycles. The lowest BCUT2D eigenvalue weighted by atomic mass is 10.1. The van der Waals surface area contributed by atoms with Gasteiger partial charge in [0.25, 0.3) is 11.6 Å². The van der Waals surface area contributed by atoms with Gasteiger partial charge in [0.05, 0.1) is 16.2 Å². The van der Waals surface area contributed by atoms with Crippen molar-refractivity contribution in [1.29, 1.82) is 0 Å². The van der Waals surface area contributed by atoms with E-state index in [4.69, 9.17) is 0 Å². The number of nitrogens with zero attached hydrogens (tertiary/aromatic N) is 1. The summed E-state index contributed by atoms with van der Waals surface area (Å²) in [4.78, 5) is 23.2. The van der Waals surface area contributed by atoms with Crippen LogP contribution < -0.4 is 21.5 Å². The van der Waals surface area contributed by atoms with E-state index in [2.05, 4.69) is 16.1 Å². The van der Waals surface area contributed by atoms with Crippen LogP contribution in [0.4, 0.5) is 27.6 Å². The van der Waals surface area contributed by atoms with E-state index >= 15 is 0 Å². The van der Waals surface area contributed by atoms with Crippen molar-refractivity contribution in [3.05, 3.63) is 57.2 Å². The van der Waals surface area contributed by atoms with Gasteiger partial charge in [0.1, 0.15) is 11.5 Å². The molecule has 1 aromatic carbocycles. The van der Waals surface area contributed by atoms with Gasteiger partial charge in [-0.25, -0.2) is 0 Å². The van der Waals surface area contributed by atoms with Gasteiger partial charge in [-0.3, -0.25) is 25.8 Å².